The first-order chi connectivity index (χ1) is 12.9. The molecular formula is C20H29F3N2O2. The molecule has 0 spiro atoms. The van der Waals surface area contributed by atoms with Crippen molar-refractivity contribution >= 4 is 5.91 Å². The molecule has 1 aliphatic heterocycles. The fourth-order valence-corrected chi connectivity index (χ4v) is 3.23. The van der Waals surface area contributed by atoms with Crippen LogP contribution in [-0.2, 0) is 4.79 Å². The van der Waals surface area contributed by atoms with Gasteiger partial charge in [0.1, 0.15) is 11.8 Å². The Labute approximate surface area is 159 Å². The number of carbonyl (C=O) groups excluding carboxylic acids is 1. The number of nitrogens with zero attached hydrogens (tertiary/aromatic N) is 1. The van der Waals surface area contributed by atoms with E-state index in [0.29, 0.717) is 12.4 Å². The number of amides is 1. The topological polar surface area (TPSA) is 41.6 Å². The molecule has 2 rings (SSSR count). The maximum atomic E-state index is 13.5. The molecule has 1 aromatic rings. The van der Waals surface area contributed by atoms with E-state index in [1.54, 1.807) is 12.1 Å². The highest BCUT2D eigenvalue weighted by Crippen LogP contribution is 2.38. The molecule has 1 fully saturated rings. The Morgan fingerprint density at radius 3 is 2.26 bits per heavy atom. The van der Waals surface area contributed by atoms with Crippen molar-refractivity contribution in [1.82, 2.24) is 10.4 Å². The third-order valence-electron chi connectivity index (χ3n) is 4.68. The summed E-state index contributed by atoms with van der Waals surface area (Å²) in [6.45, 7) is 2.80. The van der Waals surface area contributed by atoms with Crippen LogP contribution in [0.2, 0.25) is 0 Å². The van der Waals surface area contributed by atoms with Crippen LogP contribution < -0.4 is 10.2 Å². The molecule has 1 heterocycles. The van der Waals surface area contributed by atoms with E-state index in [4.69, 9.17) is 4.74 Å². The molecule has 0 aliphatic carbocycles. The van der Waals surface area contributed by atoms with Crippen LogP contribution in [0.3, 0.4) is 0 Å². The lowest BCUT2D eigenvalue weighted by Gasteiger charge is -2.29. The molecule has 1 saturated heterocycles. The number of hydrogen-bond acceptors (Lipinski definition) is 3. The summed E-state index contributed by atoms with van der Waals surface area (Å²) in [6, 6.07) is 4.12. The minimum absolute atomic E-state index is 0.0412. The van der Waals surface area contributed by atoms with Gasteiger partial charge in [0.25, 0.3) is 0 Å². The monoisotopic (exact) mass is 386 g/mol. The molecule has 1 atom stereocenters. The van der Waals surface area contributed by atoms with Crippen LogP contribution in [0, 0.1) is 0 Å². The number of hydrogen-bond donors (Lipinski definition) is 1. The molecule has 27 heavy (non-hydrogen) atoms. The van der Waals surface area contributed by atoms with Gasteiger partial charge in [-0.25, -0.2) is 5.01 Å². The molecule has 0 bridgehead atoms. The number of carbonyl (C=O) groups is 1. The van der Waals surface area contributed by atoms with Gasteiger partial charge in [0.15, 0.2) is 0 Å². The standard InChI is InChI=1S/C20H29F3N2O2/c1-2-3-4-5-6-7-8-15-27-17-11-9-16(10-12-17)19(20(21,22)23)25-14-13-18(26)24-25/h9-12,19H,2-8,13-15H2,1H3,(H,24,26)/t19-/m0/s1. The Bertz CT molecular complexity index is 576. The predicted octanol–water partition coefficient (Wildman–Crippen LogP) is 5.16. The number of ether oxygens (including phenoxy) is 1. The first kappa shape index (κ1) is 21.5. The second-order valence-electron chi connectivity index (χ2n) is 6.96. The van der Waals surface area contributed by atoms with Gasteiger partial charge in [-0.1, -0.05) is 57.6 Å². The van der Waals surface area contributed by atoms with Crippen LogP contribution in [0.4, 0.5) is 13.2 Å². The smallest absolute Gasteiger partial charge is 0.409 e. The summed E-state index contributed by atoms with van der Waals surface area (Å²) >= 11 is 0. The van der Waals surface area contributed by atoms with E-state index in [0.717, 1.165) is 17.9 Å². The number of nitrogens with one attached hydrogen (secondary N) is 1. The molecule has 0 radical (unpaired) electrons. The van der Waals surface area contributed by atoms with Gasteiger partial charge in [-0.3, -0.25) is 10.2 Å². The van der Waals surface area contributed by atoms with Crippen molar-refractivity contribution in [2.75, 3.05) is 13.2 Å². The Kier molecular flexibility index (Phi) is 8.41. The minimum Gasteiger partial charge on any atom is -0.494 e. The van der Waals surface area contributed by atoms with Gasteiger partial charge < -0.3 is 4.74 Å². The van der Waals surface area contributed by atoms with E-state index in [2.05, 4.69) is 12.3 Å². The van der Waals surface area contributed by atoms with Gasteiger partial charge in [0, 0.05) is 13.0 Å². The fraction of sp³-hybridized carbons (Fsp3) is 0.650. The molecule has 1 amide bonds. The van der Waals surface area contributed by atoms with Crippen molar-refractivity contribution < 1.29 is 22.7 Å². The summed E-state index contributed by atoms with van der Waals surface area (Å²) < 4.78 is 46.0. The van der Waals surface area contributed by atoms with Gasteiger partial charge in [0.05, 0.1) is 6.61 Å². The summed E-state index contributed by atoms with van der Waals surface area (Å²) in [4.78, 5) is 11.3. The number of rotatable bonds is 11. The largest absolute Gasteiger partial charge is 0.494 e. The van der Waals surface area contributed by atoms with Gasteiger partial charge >= 0.3 is 6.18 Å². The maximum absolute atomic E-state index is 13.5. The molecule has 7 heteroatoms. The van der Waals surface area contributed by atoms with Crippen LogP contribution in [0.15, 0.2) is 24.3 Å². The van der Waals surface area contributed by atoms with Crippen molar-refractivity contribution in [3.05, 3.63) is 29.8 Å². The van der Waals surface area contributed by atoms with Gasteiger partial charge in [0.2, 0.25) is 5.91 Å². The molecular weight excluding hydrogens is 357 g/mol. The molecule has 1 aliphatic rings. The van der Waals surface area contributed by atoms with Crippen molar-refractivity contribution in [3.8, 4) is 5.75 Å². The average Bonchev–Trinajstić information content (AvgIpc) is 3.03. The van der Waals surface area contributed by atoms with Crippen LogP contribution in [0.5, 0.6) is 5.75 Å². The second-order valence-corrected chi connectivity index (χ2v) is 6.96. The quantitative estimate of drug-likeness (QED) is 0.535. The minimum atomic E-state index is -4.47. The molecule has 0 saturated carbocycles. The van der Waals surface area contributed by atoms with Crippen LogP contribution in [0.25, 0.3) is 0 Å². The Balaban J connectivity index is 1.81. The fourth-order valence-electron chi connectivity index (χ4n) is 3.23. The summed E-state index contributed by atoms with van der Waals surface area (Å²) in [5, 5.41) is 0.955. The molecule has 152 valence electrons. The molecule has 1 aromatic carbocycles. The Hall–Kier alpha value is -1.76. The summed E-state index contributed by atoms with van der Waals surface area (Å²) in [5.74, 6) is 0.176. The van der Waals surface area contributed by atoms with E-state index >= 15 is 0 Å². The lowest BCUT2D eigenvalue weighted by atomic mass is 10.1. The van der Waals surface area contributed by atoms with E-state index in [1.165, 1.54) is 44.2 Å². The normalized spacial score (nSPS) is 16.4. The highest BCUT2D eigenvalue weighted by atomic mass is 19.4. The van der Waals surface area contributed by atoms with Crippen LogP contribution >= 0.6 is 0 Å². The van der Waals surface area contributed by atoms with E-state index < -0.39 is 12.2 Å². The maximum Gasteiger partial charge on any atom is 0.409 e. The van der Waals surface area contributed by atoms with Crippen molar-refractivity contribution in [3.63, 3.8) is 0 Å². The number of unbranched alkanes of at least 4 members (excludes halogenated alkanes) is 6. The zero-order valence-electron chi connectivity index (χ0n) is 15.9. The van der Waals surface area contributed by atoms with Crippen molar-refractivity contribution in [1.29, 1.82) is 0 Å². The predicted molar refractivity (Wildman–Crippen MR) is 98.2 cm³/mol. The van der Waals surface area contributed by atoms with Crippen molar-refractivity contribution in [2.45, 2.75) is 70.5 Å². The van der Waals surface area contributed by atoms with Gasteiger partial charge in [-0.15, -0.1) is 0 Å². The summed E-state index contributed by atoms with van der Waals surface area (Å²) in [5.41, 5.74) is 2.37. The lowest BCUT2D eigenvalue weighted by molar-refractivity contribution is -0.191. The van der Waals surface area contributed by atoms with Gasteiger partial charge in [-0.2, -0.15) is 13.2 Å². The SMILES string of the molecule is CCCCCCCCCOc1ccc([C@H](N2CCC(=O)N2)C(F)(F)F)cc1. The average molecular weight is 386 g/mol. The third kappa shape index (κ3) is 7.05. The Morgan fingerprint density at radius 1 is 1.07 bits per heavy atom. The molecule has 1 N–H and O–H groups in total. The second kappa shape index (κ2) is 10.5. The van der Waals surface area contributed by atoms with Crippen LogP contribution in [0.1, 0.15) is 69.9 Å². The number of alkyl halides is 3. The molecule has 0 aromatic heterocycles. The molecule has 4 nitrogen and oxygen atoms in total. The lowest BCUT2D eigenvalue weighted by Crippen LogP contribution is -2.43. The Morgan fingerprint density at radius 2 is 1.70 bits per heavy atom. The molecule has 0 unspecified atom stereocenters. The highest BCUT2D eigenvalue weighted by molar-refractivity contribution is 5.77. The number of benzene rings is 1. The van der Waals surface area contributed by atoms with Gasteiger partial charge in [-0.05, 0) is 24.1 Å². The first-order valence-corrected chi connectivity index (χ1v) is 9.77. The van der Waals surface area contributed by atoms with E-state index in [9.17, 15) is 18.0 Å². The summed E-state index contributed by atoms with van der Waals surface area (Å²) in [7, 11) is 0. The summed E-state index contributed by atoms with van der Waals surface area (Å²) in [6.07, 6.45) is 3.87. The van der Waals surface area contributed by atoms with Crippen molar-refractivity contribution in [2.24, 2.45) is 0 Å². The zero-order valence-corrected chi connectivity index (χ0v) is 15.9. The number of halogens is 3. The van der Waals surface area contributed by atoms with E-state index in [-0.39, 0.29) is 24.4 Å². The zero-order chi connectivity index (χ0) is 19.7. The first-order valence-electron chi connectivity index (χ1n) is 9.77. The van der Waals surface area contributed by atoms with Crippen LogP contribution in [-0.4, -0.2) is 30.2 Å². The van der Waals surface area contributed by atoms with E-state index in [1.807, 2.05) is 0 Å². The highest BCUT2D eigenvalue weighted by Gasteiger charge is 2.46. The number of hydrazine groups is 1. The third-order valence-corrected chi connectivity index (χ3v) is 4.68.